The Labute approximate surface area is 286 Å². The summed E-state index contributed by atoms with van der Waals surface area (Å²) in [7, 11) is 1.65. The van der Waals surface area contributed by atoms with Gasteiger partial charge in [-0.2, -0.15) is 0 Å². The average molecular weight is 675 g/mol. The van der Waals surface area contributed by atoms with Gasteiger partial charge in [0.25, 0.3) is 0 Å². The van der Waals surface area contributed by atoms with Gasteiger partial charge in [-0.25, -0.2) is 15.0 Å². The van der Waals surface area contributed by atoms with Crippen LogP contribution in [0.1, 0.15) is 30.9 Å². The van der Waals surface area contributed by atoms with E-state index in [1.54, 1.807) is 12.2 Å². The monoisotopic (exact) mass is 674 g/mol. The maximum Gasteiger partial charge on any atom is 0.247 e. The normalized spacial score (nSPS) is 21.2. The predicted molar refractivity (Wildman–Crippen MR) is 187 cm³/mol. The fourth-order valence-electron chi connectivity index (χ4n) is 7.14. The molecular formula is C35H43ClN8O4. The van der Waals surface area contributed by atoms with Crippen LogP contribution in [0, 0.1) is 0 Å². The third-order valence-electron chi connectivity index (χ3n) is 9.85. The number of nitrogens with one attached hydrogen (secondary N) is 2. The standard InChI is InChI=1S/C35H43ClN8O4/c1-3-35(45)40-28-18-29(39-33-20-34(38-23-37-33)44-30(9-16-48-44)24-5-4-6-25(36)17-24)32(46-2)19-31(28)43-10-7-26(8-11-43)41-12-14-42(15-13-41)27-21-47-22-27/h3-6,17-20,23,26-27,30H,1,7-16,21-22H2,2H3,(H,40,45)(H,37,38,39). The molecule has 0 bridgehead atoms. The molecule has 1 amide bonds. The van der Waals surface area contributed by atoms with Gasteiger partial charge in [0.15, 0.2) is 5.82 Å². The highest BCUT2D eigenvalue weighted by atomic mass is 35.5. The predicted octanol–water partition coefficient (Wildman–Crippen LogP) is 4.87. The number of hydroxylamine groups is 1. The van der Waals surface area contributed by atoms with Crippen molar-refractivity contribution in [3.05, 3.63) is 72.0 Å². The minimum atomic E-state index is -0.278. The molecule has 5 heterocycles. The van der Waals surface area contributed by atoms with Crippen molar-refractivity contribution in [2.75, 3.05) is 86.8 Å². The molecule has 254 valence electrons. The van der Waals surface area contributed by atoms with Crippen LogP contribution in [0.5, 0.6) is 5.75 Å². The summed E-state index contributed by atoms with van der Waals surface area (Å²) in [4.78, 5) is 35.1. The van der Waals surface area contributed by atoms with E-state index in [9.17, 15) is 4.79 Å². The number of hydrogen-bond donors (Lipinski definition) is 2. The van der Waals surface area contributed by atoms with E-state index in [0.29, 0.717) is 52.5 Å². The number of rotatable bonds is 10. The highest BCUT2D eigenvalue weighted by Crippen LogP contribution is 2.41. The quantitative estimate of drug-likeness (QED) is 0.288. The summed E-state index contributed by atoms with van der Waals surface area (Å²) >= 11 is 6.28. The molecule has 0 aliphatic carbocycles. The first-order chi connectivity index (χ1) is 23.5. The topological polar surface area (TPSA) is 108 Å². The minimum Gasteiger partial charge on any atom is -0.494 e. The van der Waals surface area contributed by atoms with Gasteiger partial charge in [0, 0.05) is 68.9 Å². The number of anilines is 5. The first kappa shape index (κ1) is 32.6. The summed E-state index contributed by atoms with van der Waals surface area (Å²) in [6.45, 7) is 12.2. The molecule has 7 rings (SSSR count). The molecule has 2 N–H and O–H groups in total. The Morgan fingerprint density at radius 2 is 1.75 bits per heavy atom. The molecule has 12 nitrogen and oxygen atoms in total. The number of piperidine rings is 1. The van der Waals surface area contributed by atoms with E-state index in [4.69, 9.17) is 25.9 Å². The number of benzene rings is 2. The lowest BCUT2D eigenvalue weighted by Crippen LogP contribution is -2.59. The van der Waals surface area contributed by atoms with Gasteiger partial charge in [-0.15, -0.1) is 0 Å². The number of nitrogens with zero attached hydrogens (tertiary/aromatic N) is 6. The van der Waals surface area contributed by atoms with Gasteiger partial charge in [-0.1, -0.05) is 30.3 Å². The Kier molecular flexibility index (Phi) is 9.96. The fourth-order valence-corrected chi connectivity index (χ4v) is 7.34. The van der Waals surface area contributed by atoms with Crippen molar-refractivity contribution >= 4 is 46.2 Å². The summed E-state index contributed by atoms with van der Waals surface area (Å²) in [5, 5.41) is 8.90. The second kappa shape index (κ2) is 14.7. The first-order valence-corrected chi connectivity index (χ1v) is 17.1. The van der Waals surface area contributed by atoms with Gasteiger partial charge in [0.1, 0.15) is 17.9 Å². The largest absolute Gasteiger partial charge is 0.494 e. The number of aromatic nitrogens is 2. The minimum absolute atomic E-state index is 0.0304. The first-order valence-electron chi connectivity index (χ1n) is 16.7. The Morgan fingerprint density at radius 1 is 0.979 bits per heavy atom. The zero-order valence-electron chi connectivity index (χ0n) is 27.3. The van der Waals surface area contributed by atoms with Crippen LogP contribution in [0.3, 0.4) is 0 Å². The summed E-state index contributed by atoms with van der Waals surface area (Å²) in [5.41, 5.74) is 3.30. The SMILES string of the molecule is C=CC(=O)Nc1cc(Nc2cc(N3OCCC3c3cccc(Cl)c3)ncn2)c(OC)cc1N1CCC(N2CCN(C3COC3)CC2)CC1. The number of amides is 1. The van der Waals surface area contributed by atoms with Gasteiger partial charge in [-0.05, 0) is 42.7 Å². The highest BCUT2D eigenvalue weighted by Gasteiger charge is 2.33. The maximum absolute atomic E-state index is 12.6. The van der Waals surface area contributed by atoms with Gasteiger partial charge < -0.3 is 25.0 Å². The Hall–Kier alpha value is -3.94. The summed E-state index contributed by atoms with van der Waals surface area (Å²) < 4.78 is 11.3. The van der Waals surface area contributed by atoms with Crippen molar-refractivity contribution in [2.24, 2.45) is 0 Å². The number of carbonyl (C=O) groups is 1. The van der Waals surface area contributed by atoms with Crippen LogP contribution in [0.25, 0.3) is 0 Å². The summed E-state index contributed by atoms with van der Waals surface area (Å²) in [6, 6.07) is 14.6. The van der Waals surface area contributed by atoms with Gasteiger partial charge in [-0.3, -0.25) is 19.4 Å². The van der Waals surface area contributed by atoms with Crippen molar-refractivity contribution < 1.29 is 19.1 Å². The van der Waals surface area contributed by atoms with Gasteiger partial charge in [0.05, 0.1) is 56.1 Å². The number of hydrogen-bond acceptors (Lipinski definition) is 11. The van der Waals surface area contributed by atoms with E-state index < -0.39 is 0 Å². The molecule has 13 heteroatoms. The molecule has 1 unspecified atom stereocenters. The lowest BCUT2D eigenvalue weighted by Gasteiger charge is -2.46. The second-order valence-corrected chi connectivity index (χ2v) is 13.1. The van der Waals surface area contributed by atoms with Crippen molar-refractivity contribution in [3.63, 3.8) is 0 Å². The fraction of sp³-hybridized carbons (Fsp3) is 0.457. The zero-order chi connectivity index (χ0) is 33.0. The summed E-state index contributed by atoms with van der Waals surface area (Å²) in [6.07, 6.45) is 5.70. The molecule has 4 aliphatic rings. The lowest BCUT2D eigenvalue weighted by atomic mass is 10.0. The Bertz CT molecular complexity index is 1610. The summed E-state index contributed by atoms with van der Waals surface area (Å²) in [5.74, 6) is 1.53. The lowest BCUT2D eigenvalue weighted by molar-refractivity contribution is -0.111. The highest BCUT2D eigenvalue weighted by molar-refractivity contribution is 6.30. The molecule has 4 fully saturated rings. The van der Waals surface area contributed by atoms with Crippen molar-refractivity contribution in [2.45, 2.75) is 37.4 Å². The molecule has 1 atom stereocenters. The van der Waals surface area contributed by atoms with Gasteiger partial charge in [0.2, 0.25) is 5.91 Å². The van der Waals surface area contributed by atoms with Crippen LogP contribution in [-0.2, 0) is 14.4 Å². The van der Waals surface area contributed by atoms with E-state index in [-0.39, 0.29) is 11.9 Å². The van der Waals surface area contributed by atoms with E-state index in [2.05, 4.69) is 41.9 Å². The van der Waals surface area contributed by atoms with Crippen LogP contribution >= 0.6 is 11.6 Å². The third-order valence-corrected chi connectivity index (χ3v) is 10.1. The van der Waals surface area contributed by atoms with E-state index >= 15 is 0 Å². The Morgan fingerprint density at radius 3 is 2.44 bits per heavy atom. The van der Waals surface area contributed by atoms with Crippen LogP contribution in [0.15, 0.2) is 61.4 Å². The number of carbonyl (C=O) groups excluding carboxylic acids is 1. The molecule has 0 saturated carbocycles. The maximum atomic E-state index is 12.6. The molecule has 4 aliphatic heterocycles. The number of ether oxygens (including phenoxy) is 2. The van der Waals surface area contributed by atoms with E-state index in [1.807, 2.05) is 42.5 Å². The molecule has 3 aromatic rings. The number of halogens is 1. The molecule has 4 saturated heterocycles. The van der Waals surface area contributed by atoms with E-state index in [1.165, 1.54) is 12.4 Å². The van der Waals surface area contributed by atoms with Crippen molar-refractivity contribution in [3.8, 4) is 5.75 Å². The molecule has 0 spiro atoms. The van der Waals surface area contributed by atoms with Crippen LogP contribution in [-0.4, -0.2) is 104 Å². The van der Waals surface area contributed by atoms with Gasteiger partial charge >= 0.3 is 0 Å². The van der Waals surface area contributed by atoms with Crippen molar-refractivity contribution in [1.29, 1.82) is 0 Å². The molecule has 48 heavy (non-hydrogen) atoms. The van der Waals surface area contributed by atoms with Crippen LogP contribution in [0.2, 0.25) is 5.02 Å². The Balaban J connectivity index is 1.07. The van der Waals surface area contributed by atoms with E-state index in [0.717, 1.165) is 83.0 Å². The number of methoxy groups -OCH3 is 1. The third kappa shape index (κ3) is 7.08. The van der Waals surface area contributed by atoms with Crippen molar-refractivity contribution in [1.82, 2.24) is 19.8 Å². The smallest absolute Gasteiger partial charge is 0.247 e. The van der Waals surface area contributed by atoms with Crippen LogP contribution in [0.4, 0.5) is 28.7 Å². The van der Waals surface area contributed by atoms with Crippen LogP contribution < -0.4 is 25.3 Å². The zero-order valence-corrected chi connectivity index (χ0v) is 28.1. The number of piperazine rings is 1. The molecule has 2 aromatic carbocycles. The molecular weight excluding hydrogens is 632 g/mol. The average Bonchev–Trinajstić information content (AvgIpc) is 3.59. The molecule has 0 radical (unpaired) electrons. The molecule has 1 aromatic heterocycles. The second-order valence-electron chi connectivity index (χ2n) is 12.6.